The van der Waals surface area contributed by atoms with E-state index in [1.807, 2.05) is 72.8 Å². The average molecular weight is 793 g/mol. The summed E-state index contributed by atoms with van der Waals surface area (Å²) in [4.78, 5) is 30.6. The van der Waals surface area contributed by atoms with E-state index in [0.717, 1.165) is 77.2 Å². The number of nitrogens with zero attached hydrogens (tertiary/aromatic N) is 6. The van der Waals surface area contributed by atoms with Crippen molar-refractivity contribution < 1.29 is 0 Å². The molecule has 11 rings (SSSR count). The highest BCUT2D eigenvalue weighted by atomic mass is 15.0. The zero-order valence-corrected chi connectivity index (χ0v) is 33.5. The molecular formula is C56H36N6. The van der Waals surface area contributed by atoms with Gasteiger partial charge in [-0.15, -0.1) is 0 Å². The highest BCUT2D eigenvalue weighted by molar-refractivity contribution is 6.03. The number of aromatic nitrogens is 6. The van der Waals surface area contributed by atoms with Crippen molar-refractivity contribution in [3.63, 3.8) is 0 Å². The van der Waals surface area contributed by atoms with E-state index < -0.39 is 0 Å². The van der Waals surface area contributed by atoms with Crippen LogP contribution in [0, 0.1) is 0 Å². The number of hydrogen-bond donors (Lipinski definition) is 0. The van der Waals surface area contributed by atoms with Crippen molar-refractivity contribution in [3.05, 3.63) is 218 Å². The summed E-state index contributed by atoms with van der Waals surface area (Å²) in [7, 11) is 0. The summed E-state index contributed by atoms with van der Waals surface area (Å²) in [6, 6.07) is 74.9. The molecule has 2 aromatic heterocycles. The van der Waals surface area contributed by atoms with Crippen LogP contribution in [-0.2, 0) is 0 Å². The van der Waals surface area contributed by atoms with Gasteiger partial charge in [0.1, 0.15) is 0 Å². The average Bonchev–Trinajstić information content (AvgIpc) is 3.36. The zero-order chi connectivity index (χ0) is 41.2. The van der Waals surface area contributed by atoms with Gasteiger partial charge < -0.3 is 0 Å². The van der Waals surface area contributed by atoms with Crippen molar-refractivity contribution in [2.24, 2.45) is 0 Å². The molecule has 0 spiro atoms. The second-order valence-electron chi connectivity index (χ2n) is 15.1. The van der Waals surface area contributed by atoms with Crippen LogP contribution in [0.15, 0.2) is 218 Å². The smallest absolute Gasteiger partial charge is 0.165 e. The molecule has 0 unspecified atom stereocenters. The first kappa shape index (κ1) is 36.6. The van der Waals surface area contributed by atoms with Crippen LogP contribution < -0.4 is 0 Å². The fraction of sp³-hybridized carbons (Fsp3) is 0. The minimum Gasteiger partial charge on any atom is -0.208 e. The Balaban J connectivity index is 1.05. The lowest BCUT2D eigenvalue weighted by atomic mass is 9.93. The third-order valence-electron chi connectivity index (χ3n) is 11.2. The minimum absolute atomic E-state index is 0.590. The molecule has 6 nitrogen and oxygen atoms in total. The van der Waals surface area contributed by atoms with E-state index in [-0.39, 0.29) is 0 Å². The number of fused-ring (bicyclic) bond motifs is 2. The van der Waals surface area contributed by atoms with E-state index in [4.69, 9.17) is 29.9 Å². The monoisotopic (exact) mass is 792 g/mol. The molecule has 0 fully saturated rings. The SMILES string of the molecule is c1ccc(-c2ccc(-c3nc(-c4ccc5cc(-c6nc(-c7ccccc7)nc(-c7ccccc7)n6)ccc5c4)nc(-c4c(-c5ccccc5)ccc5ccccc45)n3)cc2)cc1. The fourth-order valence-electron chi connectivity index (χ4n) is 8.02. The van der Waals surface area contributed by atoms with Crippen molar-refractivity contribution in [3.8, 4) is 90.6 Å². The van der Waals surface area contributed by atoms with Gasteiger partial charge in [0, 0.05) is 33.4 Å². The molecule has 0 N–H and O–H groups in total. The van der Waals surface area contributed by atoms with Gasteiger partial charge in [0.25, 0.3) is 0 Å². The first-order valence-electron chi connectivity index (χ1n) is 20.6. The number of rotatable bonds is 8. The molecule has 0 radical (unpaired) electrons. The minimum atomic E-state index is 0.590. The van der Waals surface area contributed by atoms with Gasteiger partial charge in [0.15, 0.2) is 34.9 Å². The van der Waals surface area contributed by atoms with E-state index in [2.05, 4.69) is 146 Å². The summed E-state index contributed by atoms with van der Waals surface area (Å²) < 4.78 is 0. The number of benzene rings is 9. The summed E-state index contributed by atoms with van der Waals surface area (Å²) in [5.74, 6) is 3.67. The van der Waals surface area contributed by atoms with Crippen LogP contribution in [0.1, 0.15) is 0 Å². The van der Waals surface area contributed by atoms with Crippen LogP contribution in [0.25, 0.3) is 112 Å². The molecule has 62 heavy (non-hydrogen) atoms. The van der Waals surface area contributed by atoms with Crippen molar-refractivity contribution in [1.29, 1.82) is 0 Å². The van der Waals surface area contributed by atoms with Crippen molar-refractivity contribution in [2.75, 3.05) is 0 Å². The Morgan fingerprint density at radius 2 is 0.548 bits per heavy atom. The lowest BCUT2D eigenvalue weighted by Crippen LogP contribution is -2.02. The van der Waals surface area contributed by atoms with Gasteiger partial charge in [-0.25, -0.2) is 29.9 Å². The van der Waals surface area contributed by atoms with E-state index in [0.29, 0.717) is 34.9 Å². The molecular weight excluding hydrogens is 757 g/mol. The summed E-state index contributed by atoms with van der Waals surface area (Å²) in [5.41, 5.74) is 9.95. The third-order valence-corrected chi connectivity index (χ3v) is 11.2. The molecule has 6 heteroatoms. The molecule has 0 bridgehead atoms. The highest BCUT2D eigenvalue weighted by Gasteiger charge is 2.19. The lowest BCUT2D eigenvalue weighted by Gasteiger charge is -2.15. The van der Waals surface area contributed by atoms with Crippen molar-refractivity contribution in [2.45, 2.75) is 0 Å². The maximum absolute atomic E-state index is 5.30. The maximum atomic E-state index is 5.30. The van der Waals surface area contributed by atoms with Gasteiger partial charge in [-0.2, -0.15) is 0 Å². The highest BCUT2D eigenvalue weighted by Crippen LogP contribution is 2.39. The summed E-state index contributed by atoms with van der Waals surface area (Å²) in [6.45, 7) is 0. The zero-order valence-electron chi connectivity index (χ0n) is 33.5. The van der Waals surface area contributed by atoms with E-state index in [1.165, 1.54) is 0 Å². The second-order valence-corrected chi connectivity index (χ2v) is 15.1. The van der Waals surface area contributed by atoms with Gasteiger partial charge >= 0.3 is 0 Å². The van der Waals surface area contributed by atoms with Gasteiger partial charge in [-0.1, -0.05) is 206 Å². The van der Waals surface area contributed by atoms with E-state index in [1.54, 1.807) is 0 Å². The molecule has 9 aromatic carbocycles. The normalized spacial score (nSPS) is 11.2. The van der Waals surface area contributed by atoms with Gasteiger partial charge in [0.05, 0.1) is 0 Å². The van der Waals surface area contributed by atoms with Crippen molar-refractivity contribution >= 4 is 21.5 Å². The summed E-state index contributed by atoms with van der Waals surface area (Å²) in [6.07, 6.45) is 0. The van der Waals surface area contributed by atoms with Crippen LogP contribution in [0.3, 0.4) is 0 Å². The first-order chi connectivity index (χ1) is 30.7. The van der Waals surface area contributed by atoms with Gasteiger partial charge in [-0.3, -0.25) is 0 Å². The third kappa shape index (κ3) is 7.16. The molecule has 0 saturated heterocycles. The predicted octanol–water partition coefficient (Wildman–Crippen LogP) is 13.7. The van der Waals surface area contributed by atoms with Crippen LogP contribution in [0.5, 0.6) is 0 Å². The Morgan fingerprint density at radius 1 is 0.210 bits per heavy atom. The first-order valence-corrected chi connectivity index (χ1v) is 20.6. The molecule has 0 amide bonds. The van der Waals surface area contributed by atoms with Gasteiger partial charge in [-0.05, 0) is 55.9 Å². The lowest BCUT2D eigenvalue weighted by molar-refractivity contribution is 1.07. The summed E-state index contributed by atoms with van der Waals surface area (Å²) >= 11 is 0. The molecule has 0 saturated carbocycles. The molecule has 2 heterocycles. The number of hydrogen-bond acceptors (Lipinski definition) is 6. The maximum Gasteiger partial charge on any atom is 0.165 e. The van der Waals surface area contributed by atoms with Crippen LogP contribution in [-0.4, -0.2) is 29.9 Å². The Bertz CT molecular complexity index is 3320. The molecule has 0 aliphatic carbocycles. The van der Waals surface area contributed by atoms with Crippen LogP contribution in [0.4, 0.5) is 0 Å². The van der Waals surface area contributed by atoms with Gasteiger partial charge in [0.2, 0.25) is 0 Å². The predicted molar refractivity (Wildman–Crippen MR) is 252 cm³/mol. The Morgan fingerprint density at radius 3 is 1.06 bits per heavy atom. The largest absolute Gasteiger partial charge is 0.208 e. The standard InChI is InChI=1S/C56H36N6/c1-5-15-37(16-6-1)38-25-27-43(28-26-38)53-60-55(62-56(61-53)50-48-24-14-13-19-40(48)33-34-49(50)39-17-7-2-8-18-39)47-32-30-44-35-46(31-29-45(44)36-47)54-58-51(41-20-9-3-10-21-41)57-52(59-54)42-22-11-4-12-23-42/h1-36H. The quantitative estimate of drug-likeness (QED) is 0.152. The Labute approximate surface area is 359 Å². The Hall–Kier alpha value is -8.48. The summed E-state index contributed by atoms with van der Waals surface area (Å²) in [5, 5.41) is 4.27. The van der Waals surface area contributed by atoms with E-state index >= 15 is 0 Å². The topological polar surface area (TPSA) is 77.3 Å². The molecule has 0 aliphatic heterocycles. The molecule has 11 aromatic rings. The molecule has 0 atom stereocenters. The molecule has 0 aliphatic rings. The van der Waals surface area contributed by atoms with Crippen molar-refractivity contribution in [1.82, 2.24) is 29.9 Å². The molecule has 290 valence electrons. The second kappa shape index (κ2) is 15.9. The van der Waals surface area contributed by atoms with Crippen LogP contribution in [0.2, 0.25) is 0 Å². The van der Waals surface area contributed by atoms with E-state index in [9.17, 15) is 0 Å². The van der Waals surface area contributed by atoms with Crippen LogP contribution >= 0.6 is 0 Å². The fourth-order valence-corrected chi connectivity index (χ4v) is 8.02. The Kier molecular flexibility index (Phi) is 9.41.